The molecule has 21 heavy (non-hydrogen) atoms. The monoisotopic (exact) mass is 313 g/mol. The fourth-order valence-electron chi connectivity index (χ4n) is 2.09. The first-order valence-electron chi connectivity index (χ1n) is 6.39. The molecule has 0 unspecified atom stereocenters. The van der Waals surface area contributed by atoms with E-state index in [-0.39, 0.29) is 29.7 Å². The van der Waals surface area contributed by atoms with Gasteiger partial charge in [0.05, 0.1) is 14.2 Å². The highest BCUT2D eigenvalue weighted by Crippen LogP contribution is 2.23. The van der Waals surface area contributed by atoms with Crippen LogP contribution in [0.25, 0.3) is 0 Å². The van der Waals surface area contributed by atoms with Gasteiger partial charge in [-0.05, 0) is 18.2 Å². The van der Waals surface area contributed by atoms with Gasteiger partial charge in [0.15, 0.2) is 11.6 Å². The van der Waals surface area contributed by atoms with Gasteiger partial charge in [-0.1, -0.05) is 0 Å². The highest BCUT2D eigenvalue weighted by molar-refractivity contribution is 8.00. The number of ether oxygens (including phenoxy) is 2. The molecular weight excluding hydrogens is 297 g/mol. The summed E-state index contributed by atoms with van der Waals surface area (Å²) in [5.74, 6) is -0.499. The molecule has 1 fully saturated rings. The third-order valence-corrected chi connectivity index (χ3v) is 4.38. The van der Waals surface area contributed by atoms with Crippen molar-refractivity contribution in [1.82, 2.24) is 4.90 Å². The zero-order valence-corrected chi connectivity index (χ0v) is 12.6. The number of methoxy groups -OCH3 is 2. The molecule has 5 nitrogen and oxygen atoms in total. The number of benzene rings is 1. The minimum Gasteiger partial charge on any atom is -0.494 e. The van der Waals surface area contributed by atoms with Crippen LogP contribution < -0.4 is 4.74 Å². The van der Waals surface area contributed by atoms with Crippen molar-refractivity contribution in [3.05, 3.63) is 29.6 Å². The zero-order valence-electron chi connectivity index (χ0n) is 11.8. The molecule has 0 saturated carbocycles. The van der Waals surface area contributed by atoms with Crippen molar-refractivity contribution in [2.75, 3.05) is 33.1 Å². The van der Waals surface area contributed by atoms with E-state index in [2.05, 4.69) is 0 Å². The summed E-state index contributed by atoms with van der Waals surface area (Å²) in [5, 5.41) is -0.393. The van der Waals surface area contributed by atoms with Crippen LogP contribution in [-0.2, 0) is 9.53 Å². The molecule has 1 aliphatic heterocycles. The normalized spacial score (nSPS) is 18.2. The smallest absolute Gasteiger partial charge is 0.320 e. The lowest BCUT2D eigenvalue weighted by Gasteiger charge is -2.31. The first kappa shape index (κ1) is 15.6. The summed E-state index contributed by atoms with van der Waals surface area (Å²) >= 11 is 1.46. The molecule has 0 radical (unpaired) electrons. The summed E-state index contributed by atoms with van der Waals surface area (Å²) in [6.07, 6.45) is 0. The molecule has 0 spiro atoms. The van der Waals surface area contributed by atoms with Crippen LogP contribution in [0.15, 0.2) is 18.2 Å². The number of carbonyl (C=O) groups is 2. The quantitative estimate of drug-likeness (QED) is 0.793. The Labute approximate surface area is 126 Å². The Bertz CT molecular complexity index is 552. The molecule has 1 amide bonds. The summed E-state index contributed by atoms with van der Waals surface area (Å²) in [7, 11) is 2.69. The SMILES string of the molecule is COC(=O)[C@H]1CN(C(=O)c2ccc(OC)c(F)c2)CCS1. The van der Waals surface area contributed by atoms with E-state index in [4.69, 9.17) is 9.47 Å². The second kappa shape index (κ2) is 6.80. The third kappa shape index (κ3) is 3.47. The van der Waals surface area contributed by atoms with Gasteiger partial charge in [0, 0.05) is 24.4 Å². The number of rotatable bonds is 3. The molecule has 1 aliphatic rings. The molecule has 1 aromatic carbocycles. The van der Waals surface area contributed by atoms with Crippen molar-refractivity contribution in [1.29, 1.82) is 0 Å². The van der Waals surface area contributed by atoms with Crippen molar-refractivity contribution in [2.24, 2.45) is 0 Å². The minimum atomic E-state index is -0.584. The van der Waals surface area contributed by atoms with Crippen LogP contribution >= 0.6 is 11.8 Å². The van der Waals surface area contributed by atoms with Crippen LogP contribution in [0.2, 0.25) is 0 Å². The predicted molar refractivity (Wildman–Crippen MR) is 77.1 cm³/mol. The summed E-state index contributed by atoms with van der Waals surface area (Å²) in [4.78, 5) is 25.5. The molecule has 0 aromatic heterocycles. The minimum absolute atomic E-state index is 0.0909. The van der Waals surface area contributed by atoms with Gasteiger partial charge in [-0.3, -0.25) is 9.59 Å². The Balaban J connectivity index is 2.12. The van der Waals surface area contributed by atoms with Crippen molar-refractivity contribution in [3.63, 3.8) is 0 Å². The zero-order chi connectivity index (χ0) is 15.4. The predicted octanol–water partition coefficient (Wildman–Crippen LogP) is 1.56. The molecule has 0 bridgehead atoms. The Hall–Kier alpha value is -1.76. The number of hydrogen-bond donors (Lipinski definition) is 0. The summed E-state index contributed by atoms with van der Waals surface area (Å²) in [6.45, 7) is 0.786. The van der Waals surface area contributed by atoms with Crippen LogP contribution in [0.3, 0.4) is 0 Å². The van der Waals surface area contributed by atoms with Crippen LogP contribution in [0.4, 0.5) is 4.39 Å². The van der Waals surface area contributed by atoms with Gasteiger partial charge >= 0.3 is 5.97 Å². The van der Waals surface area contributed by atoms with Crippen molar-refractivity contribution < 1.29 is 23.5 Å². The Morgan fingerprint density at radius 3 is 2.76 bits per heavy atom. The number of halogens is 1. The average molecular weight is 313 g/mol. The maximum absolute atomic E-state index is 13.7. The second-order valence-electron chi connectivity index (χ2n) is 4.48. The van der Waals surface area contributed by atoms with E-state index >= 15 is 0 Å². The van der Waals surface area contributed by atoms with E-state index in [1.165, 1.54) is 38.1 Å². The van der Waals surface area contributed by atoms with Gasteiger partial charge in [0.25, 0.3) is 5.91 Å². The van der Waals surface area contributed by atoms with E-state index < -0.39 is 11.1 Å². The lowest BCUT2D eigenvalue weighted by atomic mass is 10.1. The summed E-state index contributed by atoms with van der Waals surface area (Å²) < 4.78 is 23.2. The van der Waals surface area contributed by atoms with Crippen LogP contribution in [0, 0.1) is 5.82 Å². The first-order chi connectivity index (χ1) is 10.1. The number of esters is 1. The number of hydrogen-bond acceptors (Lipinski definition) is 5. The molecule has 114 valence electrons. The van der Waals surface area contributed by atoms with Gasteiger partial charge in [-0.15, -0.1) is 11.8 Å². The topological polar surface area (TPSA) is 55.8 Å². The van der Waals surface area contributed by atoms with E-state index in [9.17, 15) is 14.0 Å². The van der Waals surface area contributed by atoms with Crippen LogP contribution in [-0.4, -0.2) is 55.1 Å². The van der Waals surface area contributed by atoms with Gasteiger partial charge in [-0.25, -0.2) is 4.39 Å². The Morgan fingerprint density at radius 1 is 1.38 bits per heavy atom. The molecule has 1 heterocycles. The Morgan fingerprint density at radius 2 is 2.14 bits per heavy atom. The van der Waals surface area contributed by atoms with E-state index in [0.717, 1.165) is 6.07 Å². The second-order valence-corrected chi connectivity index (χ2v) is 5.79. The Kier molecular flexibility index (Phi) is 5.06. The molecule has 0 N–H and O–H groups in total. The highest BCUT2D eigenvalue weighted by Gasteiger charge is 2.30. The standard InChI is InChI=1S/C14H16FNO4S/c1-19-11-4-3-9(7-10(11)15)13(17)16-5-6-21-12(8-16)14(18)20-2/h3-4,7,12H,5-6,8H2,1-2H3/t12-/m1/s1. The summed E-state index contributed by atoms with van der Waals surface area (Å²) in [6, 6.07) is 4.08. The highest BCUT2D eigenvalue weighted by atomic mass is 32.2. The summed E-state index contributed by atoms with van der Waals surface area (Å²) in [5.41, 5.74) is 0.240. The molecule has 2 rings (SSSR count). The molecule has 1 aromatic rings. The fourth-order valence-corrected chi connectivity index (χ4v) is 3.22. The number of amides is 1. The van der Waals surface area contributed by atoms with Gasteiger partial charge in [0.1, 0.15) is 5.25 Å². The van der Waals surface area contributed by atoms with Crippen molar-refractivity contribution in [2.45, 2.75) is 5.25 Å². The number of carbonyl (C=O) groups excluding carboxylic acids is 2. The van der Waals surface area contributed by atoms with Gasteiger partial charge in [-0.2, -0.15) is 0 Å². The van der Waals surface area contributed by atoms with Crippen molar-refractivity contribution >= 4 is 23.6 Å². The molecular formula is C14H16FNO4S. The maximum atomic E-state index is 13.7. The van der Waals surface area contributed by atoms with E-state index in [0.29, 0.717) is 12.3 Å². The average Bonchev–Trinajstić information content (AvgIpc) is 2.53. The van der Waals surface area contributed by atoms with Crippen molar-refractivity contribution in [3.8, 4) is 5.75 Å². The number of thioether (sulfide) groups is 1. The maximum Gasteiger partial charge on any atom is 0.320 e. The van der Waals surface area contributed by atoms with Gasteiger partial charge in [0.2, 0.25) is 0 Å². The molecule has 7 heteroatoms. The van der Waals surface area contributed by atoms with Gasteiger partial charge < -0.3 is 14.4 Å². The van der Waals surface area contributed by atoms with E-state index in [1.807, 2.05) is 0 Å². The third-order valence-electron chi connectivity index (χ3n) is 3.22. The lowest BCUT2D eigenvalue weighted by Crippen LogP contribution is -2.45. The van der Waals surface area contributed by atoms with Crippen LogP contribution in [0.1, 0.15) is 10.4 Å². The fraction of sp³-hybridized carbons (Fsp3) is 0.429. The van der Waals surface area contributed by atoms with Crippen LogP contribution in [0.5, 0.6) is 5.75 Å². The number of nitrogens with zero attached hydrogens (tertiary/aromatic N) is 1. The largest absolute Gasteiger partial charge is 0.494 e. The molecule has 0 aliphatic carbocycles. The molecule has 1 saturated heterocycles. The molecule has 1 atom stereocenters. The first-order valence-corrected chi connectivity index (χ1v) is 7.44. The lowest BCUT2D eigenvalue weighted by molar-refractivity contribution is -0.140. The van der Waals surface area contributed by atoms with E-state index in [1.54, 1.807) is 4.90 Å².